The Morgan fingerprint density at radius 3 is 2.79 bits per heavy atom. The van der Waals surface area contributed by atoms with Crippen LogP contribution in [0.2, 0.25) is 0 Å². The SMILES string of the molecule is O=C(O)c1scnc1C1CCCCC1. The second kappa shape index (κ2) is 4.09. The van der Waals surface area contributed by atoms with Gasteiger partial charge in [0.15, 0.2) is 0 Å². The van der Waals surface area contributed by atoms with E-state index in [9.17, 15) is 4.79 Å². The van der Waals surface area contributed by atoms with Gasteiger partial charge in [-0.3, -0.25) is 0 Å². The molecule has 2 rings (SSSR count). The van der Waals surface area contributed by atoms with Gasteiger partial charge in [-0.15, -0.1) is 11.3 Å². The number of aromatic carboxylic acids is 1. The molecule has 0 saturated heterocycles. The van der Waals surface area contributed by atoms with Crippen LogP contribution in [0.4, 0.5) is 0 Å². The molecule has 1 aromatic heterocycles. The number of thiazole rings is 1. The van der Waals surface area contributed by atoms with Crippen LogP contribution in [0.5, 0.6) is 0 Å². The first-order valence-corrected chi connectivity index (χ1v) is 5.83. The van der Waals surface area contributed by atoms with E-state index in [1.54, 1.807) is 5.51 Å². The lowest BCUT2D eigenvalue weighted by molar-refractivity contribution is 0.0700. The van der Waals surface area contributed by atoms with Gasteiger partial charge in [0.2, 0.25) is 0 Å². The first kappa shape index (κ1) is 9.65. The molecular formula is C10H13NO2S. The predicted molar refractivity (Wildman–Crippen MR) is 54.9 cm³/mol. The Morgan fingerprint density at radius 1 is 1.43 bits per heavy atom. The monoisotopic (exact) mass is 211 g/mol. The van der Waals surface area contributed by atoms with Crippen molar-refractivity contribution in [1.29, 1.82) is 0 Å². The van der Waals surface area contributed by atoms with Gasteiger partial charge in [-0.2, -0.15) is 0 Å². The molecule has 4 heteroatoms. The van der Waals surface area contributed by atoms with Crippen LogP contribution in [-0.2, 0) is 0 Å². The van der Waals surface area contributed by atoms with Gasteiger partial charge >= 0.3 is 5.97 Å². The molecule has 1 aliphatic rings. The zero-order valence-corrected chi connectivity index (χ0v) is 8.72. The second-order valence-electron chi connectivity index (χ2n) is 3.71. The minimum atomic E-state index is -0.826. The number of aromatic nitrogens is 1. The maximum atomic E-state index is 10.9. The van der Waals surface area contributed by atoms with E-state index in [4.69, 9.17) is 5.11 Å². The summed E-state index contributed by atoms with van der Waals surface area (Å²) in [4.78, 5) is 15.5. The molecule has 0 bridgehead atoms. The van der Waals surface area contributed by atoms with E-state index in [2.05, 4.69) is 4.98 Å². The van der Waals surface area contributed by atoms with E-state index >= 15 is 0 Å². The van der Waals surface area contributed by atoms with Gasteiger partial charge in [0.05, 0.1) is 11.2 Å². The summed E-state index contributed by atoms with van der Waals surface area (Å²) < 4.78 is 0. The molecule has 1 aromatic rings. The molecule has 0 unspecified atom stereocenters. The van der Waals surface area contributed by atoms with E-state index in [1.165, 1.54) is 30.6 Å². The van der Waals surface area contributed by atoms with E-state index in [1.807, 2.05) is 0 Å². The topological polar surface area (TPSA) is 50.2 Å². The molecule has 76 valence electrons. The van der Waals surface area contributed by atoms with Crippen LogP contribution in [0.25, 0.3) is 0 Å². The van der Waals surface area contributed by atoms with Crippen LogP contribution in [0.1, 0.15) is 53.4 Å². The Labute approximate surface area is 86.8 Å². The number of hydrogen-bond acceptors (Lipinski definition) is 3. The average Bonchev–Trinajstić information content (AvgIpc) is 2.67. The fourth-order valence-electron chi connectivity index (χ4n) is 2.08. The lowest BCUT2D eigenvalue weighted by Gasteiger charge is -2.20. The van der Waals surface area contributed by atoms with Crippen molar-refractivity contribution < 1.29 is 9.90 Å². The smallest absolute Gasteiger partial charge is 0.347 e. The number of carboxylic acids is 1. The molecular weight excluding hydrogens is 198 g/mol. The summed E-state index contributed by atoms with van der Waals surface area (Å²) in [5.74, 6) is -0.436. The van der Waals surface area contributed by atoms with Crippen molar-refractivity contribution in [2.45, 2.75) is 38.0 Å². The van der Waals surface area contributed by atoms with Crippen LogP contribution in [0, 0.1) is 0 Å². The molecule has 0 radical (unpaired) electrons. The van der Waals surface area contributed by atoms with Gasteiger partial charge in [-0.25, -0.2) is 9.78 Å². The Balaban J connectivity index is 2.21. The minimum Gasteiger partial charge on any atom is -0.477 e. The highest BCUT2D eigenvalue weighted by molar-refractivity contribution is 7.11. The highest BCUT2D eigenvalue weighted by Crippen LogP contribution is 2.34. The van der Waals surface area contributed by atoms with Gasteiger partial charge < -0.3 is 5.11 Å². The fourth-order valence-corrected chi connectivity index (χ4v) is 2.79. The van der Waals surface area contributed by atoms with Crippen LogP contribution in [0.15, 0.2) is 5.51 Å². The average molecular weight is 211 g/mol. The highest BCUT2D eigenvalue weighted by atomic mass is 32.1. The summed E-state index contributed by atoms with van der Waals surface area (Å²) in [6.45, 7) is 0. The molecule has 0 atom stereocenters. The molecule has 0 spiro atoms. The van der Waals surface area contributed by atoms with E-state index < -0.39 is 5.97 Å². The van der Waals surface area contributed by atoms with Crippen molar-refractivity contribution in [3.63, 3.8) is 0 Å². The van der Waals surface area contributed by atoms with Gasteiger partial charge in [0, 0.05) is 5.92 Å². The van der Waals surface area contributed by atoms with Gasteiger partial charge in [0.25, 0.3) is 0 Å². The van der Waals surface area contributed by atoms with Crippen LogP contribution < -0.4 is 0 Å². The van der Waals surface area contributed by atoms with Gasteiger partial charge in [-0.05, 0) is 12.8 Å². The summed E-state index contributed by atoms with van der Waals surface area (Å²) in [7, 11) is 0. The van der Waals surface area contributed by atoms with Crippen molar-refractivity contribution in [2.75, 3.05) is 0 Å². The van der Waals surface area contributed by atoms with Crippen molar-refractivity contribution in [1.82, 2.24) is 4.98 Å². The molecule has 0 aliphatic heterocycles. The maximum absolute atomic E-state index is 10.9. The predicted octanol–water partition coefficient (Wildman–Crippen LogP) is 2.89. The number of rotatable bonds is 2. The first-order chi connectivity index (χ1) is 6.79. The quantitative estimate of drug-likeness (QED) is 0.818. The van der Waals surface area contributed by atoms with Crippen molar-refractivity contribution in [3.05, 3.63) is 16.1 Å². The molecule has 0 amide bonds. The summed E-state index contributed by atoms with van der Waals surface area (Å²) in [5, 5.41) is 8.96. The Hall–Kier alpha value is -0.900. The molecule has 1 aliphatic carbocycles. The van der Waals surface area contributed by atoms with Gasteiger partial charge in [0.1, 0.15) is 4.88 Å². The third-order valence-corrected chi connectivity index (χ3v) is 3.61. The third-order valence-electron chi connectivity index (χ3n) is 2.78. The Morgan fingerprint density at radius 2 is 2.14 bits per heavy atom. The Kier molecular flexibility index (Phi) is 2.82. The zero-order valence-electron chi connectivity index (χ0n) is 7.90. The summed E-state index contributed by atoms with van der Waals surface area (Å²) in [5.41, 5.74) is 2.47. The number of carbonyl (C=O) groups is 1. The summed E-state index contributed by atoms with van der Waals surface area (Å²) >= 11 is 1.24. The highest BCUT2D eigenvalue weighted by Gasteiger charge is 2.23. The Bertz CT molecular complexity index is 329. The third kappa shape index (κ3) is 1.80. The first-order valence-electron chi connectivity index (χ1n) is 4.95. The minimum absolute atomic E-state index is 0.390. The number of hydrogen-bond donors (Lipinski definition) is 1. The maximum Gasteiger partial charge on any atom is 0.347 e. The fraction of sp³-hybridized carbons (Fsp3) is 0.600. The molecule has 3 nitrogen and oxygen atoms in total. The number of carboxylic acid groups (broad SMARTS) is 1. The number of nitrogens with zero attached hydrogens (tertiary/aromatic N) is 1. The zero-order chi connectivity index (χ0) is 9.97. The largest absolute Gasteiger partial charge is 0.477 e. The molecule has 1 heterocycles. The lowest BCUT2D eigenvalue weighted by Crippen LogP contribution is -2.09. The van der Waals surface area contributed by atoms with Crippen LogP contribution in [0.3, 0.4) is 0 Å². The standard InChI is InChI=1S/C10H13NO2S/c12-10(13)9-8(11-6-14-9)7-4-2-1-3-5-7/h6-7H,1-5H2,(H,12,13). The van der Waals surface area contributed by atoms with Crippen LogP contribution in [-0.4, -0.2) is 16.1 Å². The van der Waals surface area contributed by atoms with E-state index in [0.717, 1.165) is 18.5 Å². The summed E-state index contributed by atoms with van der Waals surface area (Å²) in [6.07, 6.45) is 5.90. The second-order valence-corrected chi connectivity index (χ2v) is 4.56. The van der Waals surface area contributed by atoms with E-state index in [0.29, 0.717) is 10.8 Å². The molecule has 1 N–H and O–H groups in total. The van der Waals surface area contributed by atoms with Crippen LogP contribution >= 0.6 is 11.3 Å². The van der Waals surface area contributed by atoms with Crippen molar-refractivity contribution in [3.8, 4) is 0 Å². The summed E-state index contributed by atoms with van der Waals surface area (Å²) in [6, 6.07) is 0. The normalized spacial score (nSPS) is 18.3. The molecule has 1 fully saturated rings. The molecule has 1 saturated carbocycles. The van der Waals surface area contributed by atoms with Gasteiger partial charge in [-0.1, -0.05) is 19.3 Å². The molecule has 0 aromatic carbocycles. The molecule has 14 heavy (non-hydrogen) atoms. The van der Waals surface area contributed by atoms with Crippen molar-refractivity contribution in [2.24, 2.45) is 0 Å². The van der Waals surface area contributed by atoms with Crippen molar-refractivity contribution >= 4 is 17.3 Å². The van der Waals surface area contributed by atoms with E-state index in [-0.39, 0.29) is 0 Å². The lowest BCUT2D eigenvalue weighted by atomic mass is 9.86.